The Morgan fingerprint density at radius 3 is 2.00 bits per heavy atom. The lowest BCUT2D eigenvalue weighted by Crippen LogP contribution is -2.13. The summed E-state index contributed by atoms with van der Waals surface area (Å²) in [6, 6.07) is 15.5. The van der Waals surface area contributed by atoms with Gasteiger partial charge in [0.15, 0.2) is 0 Å². The zero-order valence-electron chi connectivity index (χ0n) is 22.5. The van der Waals surface area contributed by atoms with Crippen molar-refractivity contribution in [2.75, 3.05) is 17.8 Å². The second-order valence-corrected chi connectivity index (χ2v) is 10.6. The molecule has 4 nitrogen and oxygen atoms in total. The lowest BCUT2D eigenvalue weighted by Gasteiger charge is -2.14. The van der Waals surface area contributed by atoms with E-state index in [2.05, 4.69) is 40.9 Å². The first-order valence-electron chi connectivity index (χ1n) is 13.9. The minimum atomic E-state index is -0.103. The molecule has 1 N–H and O–H groups in total. The number of amides is 1. The van der Waals surface area contributed by atoms with Crippen LogP contribution >= 0.6 is 28.7 Å². The van der Waals surface area contributed by atoms with Gasteiger partial charge >= 0.3 is 0 Å². The maximum absolute atomic E-state index is 12.6. The van der Waals surface area contributed by atoms with Gasteiger partial charge in [-0.25, -0.2) is 0 Å². The van der Waals surface area contributed by atoms with Crippen molar-refractivity contribution in [1.82, 2.24) is 4.90 Å². The predicted octanol–water partition coefficient (Wildman–Crippen LogP) is 9.57. The number of nitrogens with one attached hydrogen (secondary N) is 1. The van der Waals surface area contributed by atoms with Crippen LogP contribution in [-0.2, 0) is 6.54 Å². The summed E-state index contributed by atoms with van der Waals surface area (Å²) in [6.07, 6.45) is 18.2. The van der Waals surface area contributed by atoms with Crippen molar-refractivity contribution in [2.45, 2.75) is 90.5 Å². The van der Waals surface area contributed by atoms with E-state index in [0.29, 0.717) is 5.56 Å². The molecule has 0 spiro atoms. The number of carbonyl (C=O) groups is 1. The van der Waals surface area contributed by atoms with Gasteiger partial charge in [-0.15, -0.1) is 28.7 Å². The lowest BCUT2D eigenvalue weighted by molar-refractivity contribution is 0.102. The molecule has 6 heteroatoms. The average molecular weight is 590 g/mol. The van der Waals surface area contributed by atoms with Crippen LogP contribution in [0.15, 0.2) is 60.1 Å². The van der Waals surface area contributed by atoms with E-state index in [1.54, 1.807) is 11.8 Å². The number of hydrogen-bond acceptors (Lipinski definition) is 4. The molecular formula is C31H45BrN2O2S. The fourth-order valence-electron chi connectivity index (χ4n) is 4.38. The van der Waals surface area contributed by atoms with Gasteiger partial charge in [-0.05, 0) is 53.8 Å². The molecule has 0 atom stereocenters. The molecule has 0 aliphatic carbocycles. The van der Waals surface area contributed by atoms with Crippen molar-refractivity contribution in [2.24, 2.45) is 0 Å². The number of thioether (sulfide) groups is 1. The Morgan fingerprint density at radius 1 is 0.838 bits per heavy atom. The Kier molecular flexibility index (Phi) is 16.2. The molecule has 37 heavy (non-hydrogen) atoms. The second kappa shape index (κ2) is 19.2. The van der Waals surface area contributed by atoms with Crippen molar-refractivity contribution in [3.05, 3.63) is 71.3 Å². The molecule has 204 valence electrons. The summed E-state index contributed by atoms with van der Waals surface area (Å²) in [5.74, 6) is 1.72. The normalized spacial score (nSPS) is 12.4. The third-order valence-electron chi connectivity index (χ3n) is 6.59. The van der Waals surface area contributed by atoms with Gasteiger partial charge in [-0.2, -0.15) is 0 Å². The molecule has 0 fully saturated rings. The highest BCUT2D eigenvalue weighted by atomic mass is 79.9. The summed E-state index contributed by atoms with van der Waals surface area (Å²) in [7, 11) is 0. The Bertz CT molecular complexity index is 902. The van der Waals surface area contributed by atoms with Crippen LogP contribution < -0.4 is 10.1 Å². The summed E-state index contributed by atoms with van der Waals surface area (Å²) >= 11 is 1.80. The first kappa shape index (κ1) is 31.3. The van der Waals surface area contributed by atoms with Crippen molar-refractivity contribution in [3.63, 3.8) is 0 Å². The number of unbranched alkanes of at least 4 members (excludes halogenated alkanes) is 11. The predicted molar refractivity (Wildman–Crippen MR) is 165 cm³/mol. The zero-order valence-corrected chi connectivity index (χ0v) is 25.0. The standard InChI is InChI=1S/C31H44N2O2S.BrH/c1-2-3-4-5-6-7-8-9-10-11-12-13-23-35-30-20-16-28(17-21-30)31(34)32-29-18-14-27(15-19-29)25-33-22-24-36-26-33;/h14-22,24H,2-13,23,25-26H2,1H3,(H,32,34);1H. The van der Waals surface area contributed by atoms with Gasteiger partial charge in [0.25, 0.3) is 5.91 Å². The highest BCUT2D eigenvalue weighted by Gasteiger charge is 2.08. The fraction of sp³-hybridized carbons (Fsp3) is 0.516. The van der Waals surface area contributed by atoms with Gasteiger partial charge in [0.1, 0.15) is 5.75 Å². The van der Waals surface area contributed by atoms with Crippen molar-refractivity contribution < 1.29 is 9.53 Å². The van der Waals surface area contributed by atoms with E-state index >= 15 is 0 Å². The molecule has 2 aromatic rings. The molecule has 0 radical (unpaired) electrons. The van der Waals surface area contributed by atoms with Crippen molar-refractivity contribution >= 4 is 40.3 Å². The maximum Gasteiger partial charge on any atom is 0.255 e. The molecule has 2 aromatic carbocycles. The topological polar surface area (TPSA) is 41.6 Å². The first-order valence-corrected chi connectivity index (χ1v) is 14.9. The van der Waals surface area contributed by atoms with E-state index in [9.17, 15) is 4.79 Å². The van der Waals surface area contributed by atoms with E-state index in [0.717, 1.165) is 36.9 Å². The largest absolute Gasteiger partial charge is 0.494 e. The van der Waals surface area contributed by atoms with Gasteiger partial charge in [0.2, 0.25) is 0 Å². The summed E-state index contributed by atoms with van der Waals surface area (Å²) in [5, 5.41) is 5.10. The summed E-state index contributed by atoms with van der Waals surface area (Å²) in [4.78, 5) is 14.9. The molecule has 0 aromatic heterocycles. The minimum Gasteiger partial charge on any atom is -0.494 e. The van der Waals surface area contributed by atoms with E-state index in [1.807, 2.05) is 36.4 Å². The van der Waals surface area contributed by atoms with E-state index in [4.69, 9.17) is 4.74 Å². The molecule has 0 saturated carbocycles. The van der Waals surface area contributed by atoms with E-state index in [1.165, 1.54) is 76.2 Å². The van der Waals surface area contributed by atoms with Crippen molar-refractivity contribution in [1.29, 1.82) is 0 Å². The average Bonchev–Trinajstić information content (AvgIpc) is 3.41. The van der Waals surface area contributed by atoms with Gasteiger partial charge in [-0.3, -0.25) is 4.79 Å². The number of rotatable bonds is 18. The molecule has 0 saturated heterocycles. The number of hydrogen-bond donors (Lipinski definition) is 1. The van der Waals surface area contributed by atoms with Crippen LogP contribution in [0, 0.1) is 0 Å². The number of ether oxygens (including phenoxy) is 1. The van der Waals surface area contributed by atoms with Crippen LogP contribution in [0.2, 0.25) is 0 Å². The molecular weight excluding hydrogens is 544 g/mol. The van der Waals surface area contributed by atoms with Crippen LogP contribution in [0.25, 0.3) is 0 Å². The molecule has 0 bridgehead atoms. The van der Waals surface area contributed by atoms with Gasteiger partial charge in [-0.1, -0.05) is 89.7 Å². The summed E-state index contributed by atoms with van der Waals surface area (Å²) in [6.45, 7) is 3.90. The smallest absolute Gasteiger partial charge is 0.255 e. The Balaban J connectivity index is 0.00000481. The van der Waals surface area contributed by atoms with Crippen LogP contribution in [0.3, 0.4) is 0 Å². The number of anilines is 1. The second-order valence-electron chi connectivity index (χ2n) is 9.74. The Hall–Kier alpha value is -1.92. The summed E-state index contributed by atoms with van der Waals surface area (Å²) in [5.41, 5.74) is 2.67. The summed E-state index contributed by atoms with van der Waals surface area (Å²) < 4.78 is 5.88. The molecule has 1 amide bonds. The monoisotopic (exact) mass is 588 g/mol. The fourth-order valence-corrected chi connectivity index (χ4v) is 5.09. The molecule has 1 aliphatic heterocycles. The van der Waals surface area contributed by atoms with Gasteiger partial charge in [0, 0.05) is 24.0 Å². The number of carbonyl (C=O) groups excluding carboxylic acids is 1. The molecule has 1 aliphatic rings. The number of halogens is 1. The van der Waals surface area contributed by atoms with E-state index in [-0.39, 0.29) is 22.9 Å². The van der Waals surface area contributed by atoms with Crippen LogP contribution in [0.1, 0.15) is 99.9 Å². The molecule has 3 rings (SSSR count). The van der Waals surface area contributed by atoms with Crippen molar-refractivity contribution in [3.8, 4) is 5.75 Å². The van der Waals surface area contributed by atoms with Crippen LogP contribution in [0.4, 0.5) is 5.69 Å². The molecule has 1 heterocycles. The van der Waals surface area contributed by atoms with Gasteiger partial charge < -0.3 is 15.0 Å². The minimum absolute atomic E-state index is 0. The third-order valence-corrected chi connectivity index (χ3v) is 7.38. The Morgan fingerprint density at radius 2 is 1.43 bits per heavy atom. The number of nitrogens with zero attached hydrogens (tertiary/aromatic N) is 1. The highest BCUT2D eigenvalue weighted by Crippen LogP contribution is 2.20. The lowest BCUT2D eigenvalue weighted by atomic mass is 10.1. The van der Waals surface area contributed by atoms with Crippen LogP contribution in [0.5, 0.6) is 5.75 Å². The Labute approximate surface area is 239 Å². The van der Waals surface area contributed by atoms with Crippen LogP contribution in [-0.4, -0.2) is 23.3 Å². The quantitative estimate of drug-likeness (QED) is 0.176. The zero-order chi connectivity index (χ0) is 25.3. The third kappa shape index (κ3) is 12.9. The first-order chi connectivity index (χ1) is 17.7. The van der Waals surface area contributed by atoms with E-state index < -0.39 is 0 Å². The molecule has 0 unspecified atom stereocenters. The SMILES string of the molecule is Br.CCCCCCCCCCCCCCOc1ccc(C(=O)Nc2ccc(CN3C=CSC3)cc2)cc1. The number of benzene rings is 2. The maximum atomic E-state index is 12.6. The van der Waals surface area contributed by atoms with Gasteiger partial charge in [0.05, 0.1) is 12.5 Å². The highest BCUT2D eigenvalue weighted by molar-refractivity contribution is 8.93.